The number of hydrogen-bond donors (Lipinski definition) is 1. The van der Waals surface area contributed by atoms with Crippen molar-refractivity contribution in [1.82, 2.24) is 0 Å². The van der Waals surface area contributed by atoms with E-state index in [2.05, 4.69) is 0 Å². The van der Waals surface area contributed by atoms with Crippen LogP contribution in [0.25, 0.3) is 0 Å². The third kappa shape index (κ3) is 3.47. The van der Waals surface area contributed by atoms with Crippen LogP contribution in [0.4, 0.5) is 4.39 Å². The Kier molecular flexibility index (Phi) is 3.97. The maximum atomic E-state index is 14.1. The van der Waals surface area contributed by atoms with Crippen LogP contribution in [-0.2, 0) is 24.8 Å². The highest BCUT2D eigenvalue weighted by Gasteiger charge is 2.51. The fourth-order valence-electron chi connectivity index (χ4n) is 2.10. The number of hydrogen-bond acceptors (Lipinski definition) is 4. The normalized spacial score (nSPS) is 23.0. The molecule has 0 radical (unpaired) electrons. The second kappa shape index (κ2) is 5.07. The average Bonchev–Trinajstić information content (AvgIpc) is 2.49. The molecule has 21 heavy (non-hydrogen) atoms. The van der Waals surface area contributed by atoms with Crippen molar-refractivity contribution >= 4 is 22.3 Å². The molecule has 1 N–H and O–H groups in total. The molecule has 0 aliphatic carbocycles. The lowest BCUT2D eigenvalue weighted by atomic mass is 9.79. The summed E-state index contributed by atoms with van der Waals surface area (Å²) < 4.78 is 44.7. The lowest BCUT2D eigenvalue weighted by Crippen LogP contribution is -2.41. The lowest BCUT2D eigenvalue weighted by Gasteiger charge is -2.32. The molecule has 116 valence electrons. The van der Waals surface area contributed by atoms with E-state index in [1.807, 2.05) is 27.7 Å². The quantitative estimate of drug-likeness (QED) is 0.871. The van der Waals surface area contributed by atoms with E-state index in [9.17, 15) is 8.60 Å². The predicted molar refractivity (Wildman–Crippen MR) is 82.6 cm³/mol. The molecule has 1 atom stereocenters. The summed E-state index contributed by atoms with van der Waals surface area (Å²) >= 11 is 0. The molecule has 1 fully saturated rings. The fraction of sp³-hybridized carbons (Fsp3) is 0.571. The van der Waals surface area contributed by atoms with Gasteiger partial charge in [-0.25, -0.2) is 8.60 Å². The summed E-state index contributed by atoms with van der Waals surface area (Å²) in [5.41, 5.74) is -0.0995. The summed E-state index contributed by atoms with van der Waals surface area (Å²) in [6, 6.07) is 4.59. The SMILES string of the molecule is CC1(C)OB(c2ccc(CS(C)(=N)=O)c(F)c2)OC1(C)C. The van der Waals surface area contributed by atoms with Gasteiger partial charge < -0.3 is 9.31 Å². The molecule has 7 heteroatoms. The van der Waals surface area contributed by atoms with Crippen molar-refractivity contribution in [3.63, 3.8) is 0 Å². The molecule has 1 aliphatic heterocycles. The van der Waals surface area contributed by atoms with E-state index in [4.69, 9.17) is 14.1 Å². The summed E-state index contributed by atoms with van der Waals surface area (Å²) in [7, 11) is -3.40. The van der Waals surface area contributed by atoms with E-state index >= 15 is 0 Å². The van der Waals surface area contributed by atoms with E-state index in [0.717, 1.165) is 0 Å². The van der Waals surface area contributed by atoms with Crippen LogP contribution in [0.1, 0.15) is 33.3 Å². The molecule has 0 aromatic heterocycles. The molecule has 1 aliphatic rings. The molecule has 0 bridgehead atoms. The van der Waals surface area contributed by atoms with E-state index < -0.39 is 33.9 Å². The Balaban J connectivity index is 2.26. The summed E-state index contributed by atoms with van der Waals surface area (Å²) in [5, 5.41) is 0. The van der Waals surface area contributed by atoms with E-state index in [1.54, 1.807) is 12.1 Å². The van der Waals surface area contributed by atoms with Gasteiger partial charge >= 0.3 is 7.12 Å². The number of nitrogens with one attached hydrogen (secondary N) is 1. The van der Waals surface area contributed by atoms with Gasteiger partial charge in [-0.3, -0.25) is 4.78 Å². The number of rotatable bonds is 3. The van der Waals surface area contributed by atoms with Crippen LogP contribution >= 0.6 is 0 Å². The molecular formula is C14H21BFNO3S. The first kappa shape index (κ1) is 16.5. The first-order valence-electron chi connectivity index (χ1n) is 6.77. The van der Waals surface area contributed by atoms with Crippen LogP contribution in [0.2, 0.25) is 0 Å². The van der Waals surface area contributed by atoms with Crippen molar-refractivity contribution in [3.05, 3.63) is 29.6 Å². The molecule has 1 saturated heterocycles. The molecule has 0 amide bonds. The zero-order valence-electron chi connectivity index (χ0n) is 13.0. The van der Waals surface area contributed by atoms with Gasteiger partial charge in [-0.15, -0.1) is 0 Å². The Labute approximate surface area is 126 Å². The molecule has 1 heterocycles. The summed E-state index contributed by atoms with van der Waals surface area (Å²) in [6.07, 6.45) is 1.30. The Morgan fingerprint density at radius 2 is 1.76 bits per heavy atom. The lowest BCUT2D eigenvalue weighted by molar-refractivity contribution is 0.00578. The average molecular weight is 313 g/mol. The van der Waals surface area contributed by atoms with Crippen LogP contribution in [0.5, 0.6) is 0 Å². The van der Waals surface area contributed by atoms with Gasteiger partial charge in [0, 0.05) is 21.5 Å². The minimum Gasteiger partial charge on any atom is -0.399 e. The highest BCUT2D eigenvalue weighted by atomic mass is 32.2. The minimum atomic E-state index is -2.77. The molecule has 0 saturated carbocycles. The molecule has 1 aromatic rings. The van der Waals surface area contributed by atoms with Gasteiger partial charge in [0.15, 0.2) is 0 Å². The predicted octanol–water partition coefficient (Wildman–Crippen LogP) is 2.30. The second-order valence-corrected chi connectivity index (χ2v) is 8.89. The van der Waals surface area contributed by atoms with Crippen molar-refractivity contribution in [2.75, 3.05) is 6.26 Å². The topological polar surface area (TPSA) is 59.4 Å². The molecule has 4 nitrogen and oxygen atoms in total. The zero-order chi connectivity index (χ0) is 16.1. The highest BCUT2D eigenvalue weighted by Crippen LogP contribution is 2.36. The van der Waals surface area contributed by atoms with Gasteiger partial charge in [-0.1, -0.05) is 12.1 Å². The van der Waals surface area contributed by atoms with Gasteiger partial charge in [0.1, 0.15) is 5.82 Å². The van der Waals surface area contributed by atoms with Gasteiger partial charge in [0.05, 0.1) is 17.0 Å². The zero-order valence-corrected chi connectivity index (χ0v) is 13.8. The van der Waals surface area contributed by atoms with Crippen molar-refractivity contribution < 1.29 is 17.9 Å². The molecule has 0 spiro atoms. The standard InChI is InChI=1S/C14H21BFNO3S/c1-13(2)14(3,4)20-15(19-13)11-7-6-10(12(16)8-11)9-21(5,17)18/h6-8,17H,9H2,1-5H3. The largest absolute Gasteiger partial charge is 0.494 e. The van der Waals surface area contributed by atoms with Crippen LogP contribution < -0.4 is 5.46 Å². The van der Waals surface area contributed by atoms with Crippen LogP contribution in [-0.4, -0.2) is 28.8 Å². The summed E-state index contributed by atoms with van der Waals surface area (Å²) in [6.45, 7) is 7.74. The Morgan fingerprint density at radius 1 is 1.24 bits per heavy atom. The Hall–Kier alpha value is -0.915. The first-order valence-corrected chi connectivity index (χ1v) is 8.90. The van der Waals surface area contributed by atoms with E-state index in [-0.39, 0.29) is 11.3 Å². The molecule has 1 aromatic carbocycles. The van der Waals surface area contributed by atoms with E-state index in [0.29, 0.717) is 5.46 Å². The van der Waals surface area contributed by atoms with Gasteiger partial charge in [-0.2, -0.15) is 0 Å². The maximum Gasteiger partial charge on any atom is 0.494 e. The first-order chi connectivity index (χ1) is 9.41. The summed E-state index contributed by atoms with van der Waals surface area (Å²) in [5.74, 6) is -0.577. The monoisotopic (exact) mass is 313 g/mol. The van der Waals surface area contributed by atoms with Gasteiger partial charge in [0.2, 0.25) is 0 Å². The van der Waals surface area contributed by atoms with Crippen molar-refractivity contribution in [2.45, 2.75) is 44.6 Å². The third-order valence-electron chi connectivity index (χ3n) is 4.03. The third-order valence-corrected chi connectivity index (χ3v) is 4.90. The maximum absolute atomic E-state index is 14.1. The van der Waals surface area contributed by atoms with Crippen molar-refractivity contribution in [2.24, 2.45) is 0 Å². The number of halogens is 1. The van der Waals surface area contributed by atoms with Crippen LogP contribution in [0, 0.1) is 10.6 Å². The fourth-order valence-corrected chi connectivity index (χ4v) is 2.93. The van der Waals surface area contributed by atoms with Crippen LogP contribution in [0.15, 0.2) is 18.2 Å². The van der Waals surface area contributed by atoms with Gasteiger partial charge in [0.25, 0.3) is 0 Å². The van der Waals surface area contributed by atoms with E-state index in [1.165, 1.54) is 12.3 Å². The minimum absolute atomic E-state index is 0.0948. The van der Waals surface area contributed by atoms with Crippen molar-refractivity contribution in [1.29, 1.82) is 4.78 Å². The molecular weight excluding hydrogens is 292 g/mol. The number of benzene rings is 1. The Morgan fingerprint density at radius 3 is 2.19 bits per heavy atom. The second-order valence-electron chi connectivity index (χ2n) is 6.59. The van der Waals surface area contributed by atoms with Crippen LogP contribution in [0.3, 0.4) is 0 Å². The van der Waals surface area contributed by atoms with Crippen molar-refractivity contribution in [3.8, 4) is 0 Å². The smallest absolute Gasteiger partial charge is 0.399 e. The molecule has 1 unspecified atom stereocenters. The van der Waals surface area contributed by atoms with Gasteiger partial charge in [-0.05, 0) is 39.2 Å². The molecule has 2 rings (SSSR count). The summed E-state index contributed by atoms with van der Waals surface area (Å²) in [4.78, 5) is 0. The highest BCUT2D eigenvalue weighted by molar-refractivity contribution is 7.90. The Bertz CT molecular complexity index is 642.